The van der Waals surface area contributed by atoms with Crippen molar-refractivity contribution in [1.29, 1.82) is 0 Å². The molecule has 6 heteroatoms. The Morgan fingerprint density at radius 2 is 1.73 bits per heavy atom. The molecule has 0 spiro atoms. The summed E-state index contributed by atoms with van der Waals surface area (Å²) in [5, 5.41) is 0.604. The monoisotopic (exact) mass is 336 g/mol. The minimum atomic E-state index is -3.67. The van der Waals surface area contributed by atoms with Crippen LogP contribution in [-0.2, 0) is 10.0 Å². The smallest absolute Gasteiger partial charge is 0.257 e. The maximum Gasteiger partial charge on any atom is 0.257 e. The van der Waals surface area contributed by atoms with Gasteiger partial charge in [0.25, 0.3) is 10.0 Å². The molecule has 0 aliphatic heterocycles. The fourth-order valence-corrected chi connectivity index (χ4v) is 3.23. The van der Waals surface area contributed by atoms with Gasteiger partial charge in [-0.3, -0.25) is 0 Å². The molecule has 2 rings (SSSR count). The number of hydrogen-bond donors (Lipinski definition) is 2. The highest BCUT2D eigenvalue weighted by atomic mass is 35.5. The van der Waals surface area contributed by atoms with Crippen LogP contribution in [0.15, 0.2) is 53.9 Å². The first kappa shape index (κ1) is 16.5. The Morgan fingerprint density at radius 3 is 2.36 bits per heavy atom. The summed E-state index contributed by atoms with van der Waals surface area (Å²) in [5.74, 6) is 0. The van der Waals surface area contributed by atoms with E-state index in [4.69, 9.17) is 11.6 Å². The van der Waals surface area contributed by atoms with Gasteiger partial charge in [0.1, 0.15) is 0 Å². The predicted octanol–water partition coefficient (Wildman–Crippen LogP) is 3.41. The lowest BCUT2D eigenvalue weighted by atomic mass is 10.2. The van der Waals surface area contributed by atoms with E-state index >= 15 is 0 Å². The molecule has 0 unspecified atom stereocenters. The van der Waals surface area contributed by atoms with Gasteiger partial charge in [-0.05, 0) is 48.7 Å². The first-order valence-electron chi connectivity index (χ1n) is 6.59. The van der Waals surface area contributed by atoms with E-state index in [0.717, 1.165) is 11.1 Å². The van der Waals surface area contributed by atoms with Crippen molar-refractivity contribution < 1.29 is 8.42 Å². The fourth-order valence-electron chi connectivity index (χ4n) is 1.90. The molecule has 2 N–H and O–H groups in total. The number of aryl methyl sites for hydroxylation is 2. The van der Waals surface area contributed by atoms with Crippen molar-refractivity contribution in [3.05, 3.63) is 70.8 Å². The zero-order valence-corrected chi connectivity index (χ0v) is 13.9. The van der Waals surface area contributed by atoms with E-state index in [0.29, 0.717) is 16.3 Å². The van der Waals surface area contributed by atoms with Crippen molar-refractivity contribution in [2.75, 3.05) is 0 Å². The first-order valence-corrected chi connectivity index (χ1v) is 8.45. The van der Waals surface area contributed by atoms with Crippen LogP contribution in [-0.4, -0.2) is 8.42 Å². The maximum absolute atomic E-state index is 12.4. The first-order chi connectivity index (χ1) is 10.3. The second-order valence-electron chi connectivity index (χ2n) is 4.98. The van der Waals surface area contributed by atoms with Gasteiger partial charge in [-0.15, -0.1) is 4.83 Å². The van der Waals surface area contributed by atoms with E-state index in [1.165, 1.54) is 0 Å². The van der Waals surface area contributed by atoms with Crippen molar-refractivity contribution >= 4 is 27.3 Å². The van der Waals surface area contributed by atoms with Crippen LogP contribution in [0, 0.1) is 13.8 Å². The van der Waals surface area contributed by atoms with E-state index in [1.54, 1.807) is 43.3 Å². The molecular weight excluding hydrogens is 320 g/mol. The van der Waals surface area contributed by atoms with Crippen LogP contribution in [0.5, 0.6) is 0 Å². The number of rotatable bonds is 5. The molecule has 0 amide bonds. The summed E-state index contributed by atoms with van der Waals surface area (Å²) in [6.45, 7) is 7.41. The van der Waals surface area contributed by atoms with Crippen molar-refractivity contribution in [1.82, 2.24) is 10.3 Å². The van der Waals surface area contributed by atoms with Crippen molar-refractivity contribution in [3.63, 3.8) is 0 Å². The minimum absolute atomic E-state index is 0.240. The van der Waals surface area contributed by atoms with Crippen LogP contribution >= 0.6 is 11.6 Å². The average molecular weight is 337 g/mol. The van der Waals surface area contributed by atoms with Crippen molar-refractivity contribution in [2.24, 2.45) is 0 Å². The highest BCUT2D eigenvalue weighted by Gasteiger charge is 2.17. The summed E-state index contributed by atoms with van der Waals surface area (Å²) in [6.07, 6.45) is 0. The van der Waals surface area contributed by atoms with Crippen LogP contribution in [0.3, 0.4) is 0 Å². The summed E-state index contributed by atoms with van der Waals surface area (Å²) in [6, 6.07) is 12.2. The Morgan fingerprint density at radius 1 is 1.09 bits per heavy atom. The SMILES string of the molecule is C=C(NNS(=O)(=O)c1cc(C)ccc1C)c1ccc(Cl)cc1. The predicted molar refractivity (Wildman–Crippen MR) is 89.9 cm³/mol. The van der Waals surface area contributed by atoms with Crippen LogP contribution in [0.4, 0.5) is 0 Å². The quantitative estimate of drug-likeness (QED) is 0.823. The Bertz CT molecular complexity index is 799. The normalized spacial score (nSPS) is 11.2. The molecule has 0 saturated carbocycles. The second-order valence-corrected chi connectivity index (χ2v) is 7.07. The Balaban J connectivity index is 2.14. The van der Waals surface area contributed by atoms with Gasteiger partial charge in [0, 0.05) is 10.7 Å². The van der Waals surface area contributed by atoms with Crippen molar-refractivity contribution in [3.8, 4) is 0 Å². The number of nitrogens with one attached hydrogen (secondary N) is 2. The number of hydrogen-bond acceptors (Lipinski definition) is 3. The maximum atomic E-state index is 12.4. The molecule has 0 atom stereocenters. The van der Waals surface area contributed by atoms with Crippen molar-refractivity contribution in [2.45, 2.75) is 18.7 Å². The van der Waals surface area contributed by atoms with Gasteiger partial charge in [0.15, 0.2) is 0 Å². The van der Waals surface area contributed by atoms with E-state index in [2.05, 4.69) is 16.8 Å². The lowest BCUT2D eigenvalue weighted by molar-refractivity contribution is 0.575. The third kappa shape index (κ3) is 3.88. The van der Waals surface area contributed by atoms with Gasteiger partial charge in [0.2, 0.25) is 0 Å². The summed E-state index contributed by atoms with van der Waals surface area (Å²) >= 11 is 5.82. The van der Waals surface area contributed by atoms with Gasteiger partial charge in [0.05, 0.1) is 4.90 Å². The summed E-state index contributed by atoms with van der Waals surface area (Å²) in [7, 11) is -3.67. The molecule has 0 aromatic heterocycles. The lowest BCUT2D eigenvalue weighted by Crippen LogP contribution is -2.36. The molecule has 0 heterocycles. The largest absolute Gasteiger partial charge is 0.308 e. The highest BCUT2D eigenvalue weighted by Crippen LogP contribution is 2.17. The lowest BCUT2D eigenvalue weighted by Gasteiger charge is -2.13. The molecule has 116 valence electrons. The zero-order chi connectivity index (χ0) is 16.3. The minimum Gasteiger partial charge on any atom is -0.308 e. The average Bonchev–Trinajstić information content (AvgIpc) is 2.48. The Kier molecular flexibility index (Phi) is 4.90. The van der Waals surface area contributed by atoms with E-state index in [1.807, 2.05) is 13.0 Å². The number of benzene rings is 2. The molecular formula is C16H17ClN2O2S. The van der Waals surface area contributed by atoms with Gasteiger partial charge >= 0.3 is 0 Å². The molecule has 0 radical (unpaired) electrons. The molecule has 0 fully saturated rings. The van der Waals surface area contributed by atoms with Crippen LogP contribution in [0.2, 0.25) is 5.02 Å². The van der Waals surface area contributed by atoms with E-state index in [-0.39, 0.29) is 4.90 Å². The molecule has 22 heavy (non-hydrogen) atoms. The van der Waals surface area contributed by atoms with Gasteiger partial charge in [-0.1, -0.05) is 42.4 Å². The van der Waals surface area contributed by atoms with Crippen LogP contribution in [0.25, 0.3) is 5.70 Å². The number of halogens is 1. The molecule has 2 aromatic carbocycles. The zero-order valence-electron chi connectivity index (χ0n) is 12.4. The van der Waals surface area contributed by atoms with Gasteiger partial charge in [-0.25, -0.2) is 8.42 Å². The molecule has 2 aromatic rings. The third-order valence-corrected chi connectivity index (χ3v) is 4.80. The summed E-state index contributed by atoms with van der Waals surface area (Å²) in [4.78, 5) is 2.59. The Hall–Kier alpha value is -1.82. The summed E-state index contributed by atoms with van der Waals surface area (Å²) < 4.78 is 24.7. The molecule has 0 aliphatic carbocycles. The highest BCUT2D eigenvalue weighted by molar-refractivity contribution is 7.89. The standard InChI is InChI=1S/C16H17ClN2O2S/c1-11-4-5-12(2)16(10-11)22(20,21)19-18-13(3)14-6-8-15(17)9-7-14/h4-10,18-19H,3H2,1-2H3. The molecule has 0 bridgehead atoms. The fraction of sp³-hybridized carbons (Fsp3) is 0.125. The van der Waals surface area contributed by atoms with E-state index < -0.39 is 10.0 Å². The number of sulfonamides is 1. The Labute approximate surface area is 135 Å². The third-order valence-electron chi connectivity index (χ3n) is 3.16. The van der Waals surface area contributed by atoms with E-state index in [9.17, 15) is 8.42 Å². The summed E-state index contributed by atoms with van der Waals surface area (Å²) in [5.41, 5.74) is 5.36. The number of hydrazine groups is 1. The topological polar surface area (TPSA) is 58.2 Å². The second kappa shape index (κ2) is 6.52. The molecule has 0 aliphatic rings. The van der Waals surface area contributed by atoms with Gasteiger partial charge in [-0.2, -0.15) is 0 Å². The molecule has 0 saturated heterocycles. The van der Waals surface area contributed by atoms with Gasteiger partial charge < -0.3 is 5.43 Å². The molecule has 4 nitrogen and oxygen atoms in total. The van der Waals surface area contributed by atoms with Crippen LogP contribution in [0.1, 0.15) is 16.7 Å². The van der Waals surface area contributed by atoms with Crippen LogP contribution < -0.4 is 10.3 Å².